The molecular formula is C55H39N3+2. The first kappa shape index (κ1) is 32.8. The summed E-state index contributed by atoms with van der Waals surface area (Å²) in [5.74, 6) is 0.206. The molecule has 2 aliphatic heterocycles. The molecule has 0 bridgehead atoms. The Morgan fingerprint density at radius 2 is 0.638 bits per heavy atom. The van der Waals surface area contributed by atoms with E-state index in [0.29, 0.717) is 0 Å². The van der Waals surface area contributed by atoms with Crippen LogP contribution in [-0.2, 0) is 0 Å². The SMILES string of the molecule is c1ccc2c(c1)-c1ccccc1C2c1ccc(N(c2ccc(C3c4ccccc4-c4cccc[n+]43)cc2)c2ccc(C3c4ccccc4-c4cccc[n+]43)cc2)cc1. The Balaban J connectivity index is 0.948. The summed E-state index contributed by atoms with van der Waals surface area (Å²) in [4.78, 5) is 2.40. The molecule has 3 aliphatic rings. The van der Waals surface area contributed by atoms with Crippen molar-refractivity contribution in [2.45, 2.75) is 18.0 Å². The maximum Gasteiger partial charge on any atom is 0.213 e. The van der Waals surface area contributed by atoms with Gasteiger partial charge in [0.25, 0.3) is 0 Å². The van der Waals surface area contributed by atoms with Crippen molar-refractivity contribution in [3.63, 3.8) is 0 Å². The van der Waals surface area contributed by atoms with E-state index in [2.05, 4.69) is 233 Å². The molecule has 2 atom stereocenters. The van der Waals surface area contributed by atoms with Gasteiger partial charge in [-0.15, -0.1) is 0 Å². The third-order valence-corrected chi connectivity index (χ3v) is 12.7. The van der Waals surface area contributed by atoms with Crippen LogP contribution in [0, 0.1) is 0 Å². The van der Waals surface area contributed by atoms with Crippen molar-refractivity contribution >= 4 is 17.1 Å². The number of aromatic nitrogens is 2. The maximum atomic E-state index is 2.41. The summed E-state index contributed by atoms with van der Waals surface area (Å²) in [5.41, 5.74) is 20.4. The molecule has 0 radical (unpaired) electrons. The maximum absolute atomic E-state index is 2.41. The highest BCUT2D eigenvalue weighted by Crippen LogP contribution is 2.48. The molecule has 0 fully saturated rings. The Bertz CT molecular complexity index is 2550. The zero-order chi connectivity index (χ0) is 38.2. The van der Waals surface area contributed by atoms with Crippen LogP contribution in [0.5, 0.6) is 0 Å². The van der Waals surface area contributed by atoms with Crippen molar-refractivity contribution in [3.8, 4) is 33.6 Å². The van der Waals surface area contributed by atoms with Crippen LogP contribution in [0.25, 0.3) is 33.6 Å². The lowest BCUT2D eigenvalue weighted by Crippen LogP contribution is -2.38. The standard InChI is InChI=1S/C55H39N3/c1-5-17-47-43(13-1)44-14-2-6-18-48(44)53(47)37-23-29-40(30-24-37)58(41-31-25-38(26-32-41)54-49-19-7-3-15-45(49)51-21-9-11-35-56(51)54)42-33-27-39(28-34-42)55-50-20-8-4-16-46(50)52-22-10-12-36-57(52)55/h1-36,53-55H/q+2. The smallest absolute Gasteiger partial charge is 0.213 e. The van der Waals surface area contributed by atoms with Gasteiger partial charge in [-0.1, -0.05) is 97.1 Å². The van der Waals surface area contributed by atoms with Gasteiger partial charge < -0.3 is 4.90 Å². The van der Waals surface area contributed by atoms with E-state index in [1.54, 1.807) is 0 Å². The monoisotopic (exact) mass is 741 g/mol. The molecule has 2 unspecified atom stereocenters. The third-order valence-electron chi connectivity index (χ3n) is 12.7. The first-order valence-corrected chi connectivity index (χ1v) is 20.3. The van der Waals surface area contributed by atoms with Crippen molar-refractivity contribution in [1.29, 1.82) is 0 Å². The summed E-state index contributed by atoms with van der Waals surface area (Å²) in [5, 5.41) is 0. The summed E-state index contributed by atoms with van der Waals surface area (Å²) in [6.45, 7) is 0. The number of nitrogens with zero attached hydrogens (tertiary/aromatic N) is 3. The van der Waals surface area contributed by atoms with E-state index in [4.69, 9.17) is 0 Å². The van der Waals surface area contributed by atoms with Gasteiger partial charge >= 0.3 is 0 Å². The predicted molar refractivity (Wildman–Crippen MR) is 233 cm³/mol. The molecular weight excluding hydrogens is 703 g/mol. The minimum atomic E-state index is 0.125. The van der Waals surface area contributed by atoms with Crippen LogP contribution < -0.4 is 14.0 Å². The zero-order valence-corrected chi connectivity index (χ0v) is 31.9. The molecule has 272 valence electrons. The van der Waals surface area contributed by atoms with Crippen LogP contribution in [0.3, 0.4) is 0 Å². The first-order valence-electron chi connectivity index (χ1n) is 20.3. The Morgan fingerprint density at radius 3 is 1.07 bits per heavy atom. The van der Waals surface area contributed by atoms with Crippen LogP contribution >= 0.6 is 0 Å². The van der Waals surface area contributed by atoms with Gasteiger partial charge in [0, 0.05) is 69.5 Å². The molecule has 3 heteroatoms. The van der Waals surface area contributed by atoms with E-state index in [1.165, 1.54) is 72.6 Å². The van der Waals surface area contributed by atoms with Gasteiger partial charge in [0.1, 0.15) is 0 Å². The van der Waals surface area contributed by atoms with Crippen molar-refractivity contribution in [1.82, 2.24) is 0 Å². The number of hydrogen-bond donors (Lipinski definition) is 0. The predicted octanol–water partition coefficient (Wildman–Crippen LogP) is 12.1. The molecule has 1 aliphatic carbocycles. The average molecular weight is 742 g/mol. The number of benzene rings is 7. The second-order valence-electron chi connectivity index (χ2n) is 15.7. The van der Waals surface area contributed by atoms with Crippen LogP contribution in [-0.4, -0.2) is 0 Å². The van der Waals surface area contributed by atoms with Crippen molar-refractivity contribution in [2.75, 3.05) is 4.90 Å². The van der Waals surface area contributed by atoms with Crippen LogP contribution in [0.15, 0.2) is 219 Å². The zero-order valence-electron chi connectivity index (χ0n) is 31.9. The van der Waals surface area contributed by atoms with E-state index in [1.807, 2.05) is 0 Å². The molecule has 0 saturated carbocycles. The first-order chi connectivity index (χ1) is 28.8. The molecule has 2 aromatic heterocycles. The number of hydrogen-bond acceptors (Lipinski definition) is 1. The summed E-state index contributed by atoms with van der Waals surface area (Å²) in [6.07, 6.45) is 4.42. The molecule has 4 heterocycles. The second-order valence-corrected chi connectivity index (χ2v) is 15.7. The van der Waals surface area contributed by atoms with Gasteiger partial charge in [-0.05, 0) is 113 Å². The van der Waals surface area contributed by atoms with E-state index in [9.17, 15) is 0 Å². The van der Waals surface area contributed by atoms with Crippen molar-refractivity contribution in [3.05, 3.63) is 258 Å². The molecule has 7 aromatic carbocycles. The molecule has 12 rings (SSSR count). The van der Waals surface area contributed by atoms with Gasteiger partial charge in [-0.2, -0.15) is 9.13 Å². The highest BCUT2D eigenvalue weighted by atomic mass is 15.1. The normalized spacial score (nSPS) is 15.5. The molecule has 9 aromatic rings. The Kier molecular flexibility index (Phi) is 7.42. The lowest BCUT2D eigenvalue weighted by atomic mass is 9.89. The van der Waals surface area contributed by atoms with Gasteiger partial charge in [0.15, 0.2) is 12.4 Å². The number of anilines is 3. The van der Waals surface area contributed by atoms with Gasteiger partial charge in [-0.3, -0.25) is 0 Å². The van der Waals surface area contributed by atoms with E-state index >= 15 is 0 Å². The second kappa shape index (κ2) is 13.1. The fraction of sp³-hybridized carbons (Fsp3) is 0.0545. The molecule has 3 nitrogen and oxygen atoms in total. The van der Waals surface area contributed by atoms with Crippen LogP contribution in [0.2, 0.25) is 0 Å². The van der Waals surface area contributed by atoms with Gasteiger partial charge in [-0.25, -0.2) is 0 Å². The summed E-state index contributed by atoms with van der Waals surface area (Å²) < 4.78 is 4.82. The quantitative estimate of drug-likeness (QED) is 0.154. The average Bonchev–Trinajstić information content (AvgIpc) is 3.93. The molecule has 0 saturated heterocycles. The number of pyridine rings is 2. The third kappa shape index (κ3) is 5.00. The lowest BCUT2D eigenvalue weighted by Gasteiger charge is -2.27. The summed E-state index contributed by atoms with van der Waals surface area (Å²) in [7, 11) is 0. The number of fused-ring (bicyclic) bond motifs is 9. The highest BCUT2D eigenvalue weighted by Gasteiger charge is 2.38. The minimum Gasteiger partial charge on any atom is -0.311 e. The van der Waals surface area contributed by atoms with Crippen LogP contribution in [0.4, 0.5) is 17.1 Å². The highest BCUT2D eigenvalue weighted by molar-refractivity contribution is 5.82. The Hall–Kier alpha value is -7.36. The van der Waals surface area contributed by atoms with Crippen molar-refractivity contribution < 1.29 is 9.13 Å². The molecule has 0 amide bonds. The van der Waals surface area contributed by atoms with Crippen molar-refractivity contribution in [2.24, 2.45) is 0 Å². The lowest BCUT2D eigenvalue weighted by molar-refractivity contribution is -0.688. The van der Waals surface area contributed by atoms with E-state index < -0.39 is 0 Å². The summed E-state index contributed by atoms with van der Waals surface area (Å²) >= 11 is 0. The molecule has 0 N–H and O–H groups in total. The van der Waals surface area contributed by atoms with Gasteiger partial charge in [0.05, 0.1) is 11.1 Å². The summed E-state index contributed by atoms with van der Waals surface area (Å²) in [6, 6.07) is 76.4. The fourth-order valence-corrected chi connectivity index (χ4v) is 10.1. The molecule has 58 heavy (non-hydrogen) atoms. The van der Waals surface area contributed by atoms with Gasteiger partial charge in [0.2, 0.25) is 23.5 Å². The van der Waals surface area contributed by atoms with E-state index in [0.717, 1.165) is 17.1 Å². The minimum absolute atomic E-state index is 0.125. The Labute approximate surface area is 339 Å². The number of rotatable bonds is 6. The molecule has 0 spiro atoms. The van der Waals surface area contributed by atoms with Crippen LogP contribution in [0.1, 0.15) is 56.9 Å². The Morgan fingerprint density at radius 1 is 0.293 bits per heavy atom. The largest absolute Gasteiger partial charge is 0.311 e. The fourth-order valence-electron chi connectivity index (χ4n) is 10.1. The van der Waals surface area contributed by atoms with E-state index in [-0.39, 0.29) is 18.0 Å². The topological polar surface area (TPSA) is 11.0 Å².